The first-order chi connectivity index (χ1) is 18.4. The standard InChI is InChI=1S/C28H27N3O5S2/c1-17(26(32)31-28-30-23(16-37-28)18-8-11-21(34-2)12-9-18)38-22-7-5-6-20(15-22)29-27(33)19-10-13-24(35-3)25(14-19)36-4/h5-17H,1-4H3,(H,29,33)(H,30,31,32). The van der Waals surface area contributed by atoms with Gasteiger partial charge in [-0.25, -0.2) is 4.98 Å². The van der Waals surface area contributed by atoms with Gasteiger partial charge >= 0.3 is 0 Å². The van der Waals surface area contributed by atoms with Crippen LogP contribution in [0.5, 0.6) is 17.2 Å². The van der Waals surface area contributed by atoms with E-state index < -0.39 is 0 Å². The molecule has 3 aromatic carbocycles. The molecule has 1 unspecified atom stereocenters. The van der Waals surface area contributed by atoms with Crippen molar-refractivity contribution in [2.45, 2.75) is 17.1 Å². The lowest BCUT2D eigenvalue weighted by molar-refractivity contribution is -0.115. The van der Waals surface area contributed by atoms with E-state index in [9.17, 15) is 9.59 Å². The minimum atomic E-state index is -0.389. The molecule has 0 aliphatic rings. The number of thiazole rings is 1. The molecular formula is C28H27N3O5S2. The van der Waals surface area contributed by atoms with Gasteiger partial charge in [0.15, 0.2) is 16.6 Å². The highest BCUT2D eigenvalue weighted by molar-refractivity contribution is 8.00. The van der Waals surface area contributed by atoms with Gasteiger partial charge in [-0.05, 0) is 67.6 Å². The fourth-order valence-corrected chi connectivity index (χ4v) is 5.17. The zero-order valence-electron chi connectivity index (χ0n) is 21.3. The molecule has 0 fully saturated rings. The molecule has 2 amide bonds. The number of ether oxygens (including phenoxy) is 3. The summed E-state index contributed by atoms with van der Waals surface area (Å²) in [5.41, 5.74) is 2.78. The summed E-state index contributed by atoms with van der Waals surface area (Å²) in [5, 5.41) is 7.83. The Morgan fingerprint density at radius 2 is 1.66 bits per heavy atom. The van der Waals surface area contributed by atoms with Gasteiger partial charge in [0.05, 0.1) is 32.3 Å². The van der Waals surface area contributed by atoms with Crippen LogP contribution < -0.4 is 24.8 Å². The van der Waals surface area contributed by atoms with Crippen LogP contribution in [0.3, 0.4) is 0 Å². The lowest BCUT2D eigenvalue weighted by Gasteiger charge is -2.12. The van der Waals surface area contributed by atoms with E-state index >= 15 is 0 Å². The van der Waals surface area contributed by atoms with Crippen molar-refractivity contribution >= 4 is 45.7 Å². The van der Waals surface area contributed by atoms with Crippen molar-refractivity contribution in [2.75, 3.05) is 32.0 Å². The Balaban J connectivity index is 1.36. The number of benzene rings is 3. The minimum Gasteiger partial charge on any atom is -0.497 e. The summed E-state index contributed by atoms with van der Waals surface area (Å²) >= 11 is 2.76. The second-order valence-electron chi connectivity index (χ2n) is 8.07. The number of methoxy groups -OCH3 is 3. The summed E-state index contributed by atoms with van der Waals surface area (Å²) in [6, 6.07) is 19.9. The number of carbonyl (C=O) groups is 2. The van der Waals surface area contributed by atoms with E-state index in [1.807, 2.05) is 54.8 Å². The van der Waals surface area contributed by atoms with E-state index in [1.54, 1.807) is 38.5 Å². The average molecular weight is 550 g/mol. The maximum Gasteiger partial charge on any atom is 0.255 e. The third kappa shape index (κ3) is 6.64. The van der Waals surface area contributed by atoms with Gasteiger partial charge in [-0.3, -0.25) is 9.59 Å². The lowest BCUT2D eigenvalue weighted by atomic mass is 10.2. The largest absolute Gasteiger partial charge is 0.497 e. The van der Waals surface area contributed by atoms with Gasteiger partial charge in [0.2, 0.25) is 5.91 Å². The summed E-state index contributed by atoms with van der Waals surface area (Å²) in [6.07, 6.45) is 0. The predicted molar refractivity (Wildman–Crippen MR) is 152 cm³/mol. The molecule has 0 aliphatic heterocycles. The molecule has 4 aromatic rings. The zero-order valence-corrected chi connectivity index (χ0v) is 22.9. The number of aromatic nitrogens is 1. The number of hydrogen-bond donors (Lipinski definition) is 2. The first kappa shape index (κ1) is 27.0. The van der Waals surface area contributed by atoms with Crippen LogP contribution in [-0.4, -0.2) is 43.4 Å². The second-order valence-corrected chi connectivity index (χ2v) is 10.3. The summed E-state index contributed by atoms with van der Waals surface area (Å²) < 4.78 is 15.7. The number of anilines is 2. The molecule has 0 bridgehead atoms. The van der Waals surface area contributed by atoms with Crippen LogP contribution in [0.15, 0.2) is 77.0 Å². The highest BCUT2D eigenvalue weighted by Crippen LogP contribution is 2.30. The van der Waals surface area contributed by atoms with Gasteiger partial charge < -0.3 is 24.8 Å². The second kappa shape index (κ2) is 12.5. The van der Waals surface area contributed by atoms with Crippen LogP contribution >= 0.6 is 23.1 Å². The predicted octanol–water partition coefficient (Wildman–Crippen LogP) is 6.21. The molecule has 1 heterocycles. The molecule has 1 aromatic heterocycles. The van der Waals surface area contributed by atoms with Gasteiger partial charge in [-0.1, -0.05) is 6.07 Å². The van der Waals surface area contributed by atoms with Gasteiger partial charge in [0.25, 0.3) is 5.91 Å². The molecule has 8 nitrogen and oxygen atoms in total. The SMILES string of the molecule is COc1ccc(-c2csc(NC(=O)C(C)Sc3cccc(NC(=O)c4ccc(OC)c(OC)c4)c3)n2)cc1. The Bertz CT molecular complexity index is 1420. The maximum absolute atomic E-state index is 12.8. The number of hydrogen-bond acceptors (Lipinski definition) is 8. The normalized spacial score (nSPS) is 11.4. The van der Waals surface area contributed by atoms with Crippen molar-refractivity contribution in [1.29, 1.82) is 0 Å². The average Bonchev–Trinajstić information content (AvgIpc) is 3.41. The van der Waals surface area contributed by atoms with Gasteiger partial charge in [-0.15, -0.1) is 23.1 Å². The van der Waals surface area contributed by atoms with Crippen LogP contribution in [0.4, 0.5) is 10.8 Å². The summed E-state index contributed by atoms with van der Waals surface area (Å²) in [7, 11) is 4.68. The number of carbonyl (C=O) groups excluding carboxylic acids is 2. The van der Waals surface area contributed by atoms with E-state index in [-0.39, 0.29) is 17.1 Å². The molecule has 0 aliphatic carbocycles. The van der Waals surface area contributed by atoms with Crippen molar-refractivity contribution in [3.63, 3.8) is 0 Å². The molecule has 0 radical (unpaired) electrons. The summed E-state index contributed by atoms with van der Waals surface area (Å²) in [5.74, 6) is 1.35. The lowest BCUT2D eigenvalue weighted by Crippen LogP contribution is -2.22. The van der Waals surface area contributed by atoms with Gasteiger partial charge in [0.1, 0.15) is 5.75 Å². The van der Waals surface area contributed by atoms with Crippen LogP contribution in [0.25, 0.3) is 11.3 Å². The minimum absolute atomic E-state index is 0.162. The number of rotatable bonds is 10. The van der Waals surface area contributed by atoms with Crippen molar-refractivity contribution in [3.8, 4) is 28.5 Å². The van der Waals surface area contributed by atoms with E-state index in [2.05, 4.69) is 15.6 Å². The molecule has 4 rings (SSSR count). The Hall–Kier alpha value is -4.02. The molecule has 2 N–H and O–H groups in total. The van der Waals surface area contributed by atoms with E-state index in [0.29, 0.717) is 27.9 Å². The maximum atomic E-state index is 12.8. The topological polar surface area (TPSA) is 98.8 Å². The highest BCUT2D eigenvalue weighted by Gasteiger charge is 2.17. The molecule has 196 valence electrons. The fourth-order valence-electron chi connectivity index (χ4n) is 3.52. The molecule has 0 saturated carbocycles. The van der Waals surface area contributed by atoms with Gasteiger partial charge in [-0.2, -0.15) is 0 Å². The molecule has 0 spiro atoms. The summed E-state index contributed by atoms with van der Waals surface area (Å²) in [4.78, 5) is 31.0. The smallest absolute Gasteiger partial charge is 0.255 e. The third-order valence-corrected chi connectivity index (χ3v) is 7.39. The van der Waals surface area contributed by atoms with Crippen molar-refractivity contribution < 1.29 is 23.8 Å². The molecule has 10 heteroatoms. The van der Waals surface area contributed by atoms with Crippen LogP contribution in [0, 0.1) is 0 Å². The highest BCUT2D eigenvalue weighted by atomic mass is 32.2. The molecule has 38 heavy (non-hydrogen) atoms. The first-order valence-corrected chi connectivity index (χ1v) is 13.4. The van der Waals surface area contributed by atoms with Crippen LogP contribution in [0.2, 0.25) is 0 Å². The molecule has 0 saturated heterocycles. The van der Waals surface area contributed by atoms with Crippen molar-refractivity contribution in [2.24, 2.45) is 0 Å². The van der Waals surface area contributed by atoms with Crippen molar-refractivity contribution in [1.82, 2.24) is 4.98 Å². The number of amides is 2. The fraction of sp³-hybridized carbons (Fsp3) is 0.179. The van der Waals surface area contributed by atoms with E-state index in [1.165, 1.54) is 30.2 Å². The van der Waals surface area contributed by atoms with Crippen LogP contribution in [0.1, 0.15) is 17.3 Å². The summed E-state index contributed by atoms with van der Waals surface area (Å²) in [6.45, 7) is 1.83. The Kier molecular flexibility index (Phi) is 8.88. The Morgan fingerprint density at radius 1 is 0.895 bits per heavy atom. The number of thioether (sulfide) groups is 1. The van der Waals surface area contributed by atoms with Crippen molar-refractivity contribution in [3.05, 3.63) is 77.7 Å². The van der Waals surface area contributed by atoms with Crippen LogP contribution in [-0.2, 0) is 4.79 Å². The number of nitrogens with one attached hydrogen (secondary N) is 2. The Labute approximate surface area is 229 Å². The zero-order chi connectivity index (χ0) is 27.1. The number of nitrogens with zero attached hydrogens (tertiary/aromatic N) is 1. The molecule has 1 atom stereocenters. The monoisotopic (exact) mass is 549 g/mol. The first-order valence-electron chi connectivity index (χ1n) is 11.6. The Morgan fingerprint density at radius 3 is 2.37 bits per heavy atom. The van der Waals surface area contributed by atoms with E-state index in [4.69, 9.17) is 14.2 Å². The van der Waals surface area contributed by atoms with Gasteiger partial charge in [0, 0.05) is 27.1 Å². The molecular weight excluding hydrogens is 522 g/mol. The third-order valence-electron chi connectivity index (χ3n) is 5.54. The quantitative estimate of drug-likeness (QED) is 0.227. The van der Waals surface area contributed by atoms with E-state index in [0.717, 1.165) is 21.9 Å².